The molecule has 29 heavy (non-hydrogen) atoms. The number of benzene rings is 1. The lowest BCUT2D eigenvalue weighted by atomic mass is 10.0. The number of halogens is 3. The highest BCUT2D eigenvalue weighted by Gasteiger charge is 2.33. The van der Waals surface area contributed by atoms with Crippen LogP contribution in [0.2, 0.25) is 0 Å². The molecule has 2 aromatic rings. The molecule has 2 heterocycles. The molecule has 156 valence electrons. The lowest BCUT2D eigenvalue weighted by Crippen LogP contribution is -2.56. The van der Waals surface area contributed by atoms with Crippen molar-refractivity contribution < 1.29 is 27.2 Å². The minimum absolute atomic E-state index is 0.0928. The van der Waals surface area contributed by atoms with Gasteiger partial charge in [-0.25, -0.2) is 0 Å². The Hall–Kier alpha value is -2.81. The second-order valence-corrected chi connectivity index (χ2v) is 6.97. The molecular weight excluding hydrogens is 387 g/mol. The minimum Gasteiger partial charge on any atom is -0.465 e. The number of piperazine rings is 1. The predicted octanol–water partition coefficient (Wildman–Crippen LogP) is 2.61. The van der Waals surface area contributed by atoms with Crippen molar-refractivity contribution in [3.8, 4) is 0 Å². The van der Waals surface area contributed by atoms with Crippen LogP contribution in [0.15, 0.2) is 40.8 Å². The SMILES string of the molecule is Cc1ccc(CNC(=O)CC2C(=O)NCCN2Cc2cccc(C(F)(F)F)c2)o1. The molecule has 0 aliphatic carbocycles. The number of nitrogens with zero attached hydrogens (tertiary/aromatic N) is 1. The first-order valence-corrected chi connectivity index (χ1v) is 9.22. The van der Waals surface area contributed by atoms with E-state index in [-0.39, 0.29) is 31.3 Å². The largest absolute Gasteiger partial charge is 0.465 e. The molecule has 1 aromatic carbocycles. The summed E-state index contributed by atoms with van der Waals surface area (Å²) in [6.45, 7) is 2.96. The summed E-state index contributed by atoms with van der Waals surface area (Å²) in [7, 11) is 0. The predicted molar refractivity (Wildman–Crippen MR) is 98.6 cm³/mol. The van der Waals surface area contributed by atoms with Gasteiger partial charge in [0.15, 0.2) is 0 Å². The topological polar surface area (TPSA) is 74.6 Å². The van der Waals surface area contributed by atoms with Gasteiger partial charge in [-0.2, -0.15) is 13.2 Å². The van der Waals surface area contributed by atoms with Gasteiger partial charge in [0.1, 0.15) is 11.5 Å². The van der Waals surface area contributed by atoms with Crippen LogP contribution in [0.4, 0.5) is 13.2 Å². The molecule has 1 aliphatic heterocycles. The van der Waals surface area contributed by atoms with Crippen LogP contribution >= 0.6 is 0 Å². The van der Waals surface area contributed by atoms with Crippen molar-refractivity contribution in [2.45, 2.75) is 38.7 Å². The van der Waals surface area contributed by atoms with Crippen LogP contribution < -0.4 is 10.6 Å². The molecule has 1 unspecified atom stereocenters. The average molecular weight is 409 g/mol. The van der Waals surface area contributed by atoms with Gasteiger partial charge in [-0.15, -0.1) is 0 Å². The zero-order valence-electron chi connectivity index (χ0n) is 15.9. The number of nitrogens with one attached hydrogen (secondary N) is 2. The maximum absolute atomic E-state index is 12.9. The Balaban J connectivity index is 1.64. The van der Waals surface area contributed by atoms with E-state index < -0.39 is 17.8 Å². The lowest BCUT2D eigenvalue weighted by Gasteiger charge is -2.34. The minimum atomic E-state index is -4.43. The van der Waals surface area contributed by atoms with Crippen LogP contribution in [0.25, 0.3) is 0 Å². The normalized spacial score (nSPS) is 17.8. The summed E-state index contributed by atoms with van der Waals surface area (Å²) in [6.07, 6.45) is -4.52. The Labute approximate surface area is 166 Å². The fraction of sp³-hybridized carbons (Fsp3) is 0.400. The molecule has 9 heteroatoms. The van der Waals surface area contributed by atoms with Crippen molar-refractivity contribution in [2.75, 3.05) is 13.1 Å². The summed E-state index contributed by atoms with van der Waals surface area (Å²) in [5.74, 6) is 0.681. The number of amides is 2. The van der Waals surface area contributed by atoms with Crippen molar-refractivity contribution in [3.05, 3.63) is 59.0 Å². The summed E-state index contributed by atoms with van der Waals surface area (Å²) < 4.78 is 44.2. The van der Waals surface area contributed by atoms with Gasteiger partial charge in [-0.3, -0.25) is 14.5 Å². The third-order valence-electron chi connectivity index (χ3n) is 4.72. The smallest absolute Gasteiger partial charge is 0.416 e. The second kappa shape index (κ2) is 8.69. The van der Waals surface area contributed by atoms with Gasteiger partial charge in [0.2, 0.25) is 11.8 Å². The van der Waals surface area contributed by atoms with Gasteiger partial charge in [0.05, 0.1) is 24.6 Å². The molecule has 6 nitrogen and oxygen atoms in total. The number of aryl methyl sites for hydroxylation is 1. The molecule has 0 saturated carbocycles. The van der Waals surface area contributed by atoms with Gasteiger partial charge in [0.25, 0.3) is 0 Å². The van der Waals surface area contributed by atoms with Gasteiger partial charge in [0, 0.05) is 19.6 Å². The molecule has 0 radical (unpaired) electrons. The van der Waals surface area contributed by atoms with Crippen molar-refractivity contribution in [2.24, 2.45) is 0 Å². The van der Waals surface area contributed by atoms with Gasteiger partial charge in [-0.05, 0) is 30.7 Å². The van der Waals surface area contributed by atoms with Crippen LogP contribution in [0, 0.1) is 6.92 Å². The lowest BCUT2D eigenvalue weighted by molar-refractivity contribution is -0.137. The Kier molecular flexibility index (Phi) is 6.26. The number of alkyl halides is 3. The van der Waals surface area contributed by atoms with Crippen LogP contribution in [-0.4, -0.2) is 35.8 Å². The molecule has 2 N–H and O–H groups in total. The highest BCUT2D eigenvalue weighted by Crippen LogP contribution is 2.30. The van der Waals surface area contributed by atoms with Crippen LogP contribution in [0.5, 0.6) is 0 Å². The Morgan fingerprint density at radius 3 is 2.79 bits per heavy atom. The van der Waals surface area contributed by atoms with E-state index in [0.717, 1.165) is 17.9 Å². The first-order chi connectivity index (χ1) is 13.7. The number of rotatable bonds is 6. The molecule has 0 bridgehead atoms. The third kappa shape index (κ3) is 5.60. The summed E-state index contributed by atoms with van der Waals surface area (Å²) in [5, 5.41) is 5.41. The van der Waals surface area contributed by atoms with E-state index in [4.69, 9.17) is 4.42 Å². The monoisotopic (exact) mass is 409 g/mol. The molecule has 2 amide bonds. The first-order valence-electron chi connectivity index (χ1n) is 9.22. The van der Waals surface area contributed by atoms with Crippen molar-refractivity contribution in [1.29, 1.82) is 0 Å². The molecule has 1 saturated heterocycles. The van der Waals surface area contributed by atoms with Crippen LogP contribution in [0.1, 0.15) is 29.1 Å². The highest BCUT2D eigenvalue weighted by molar-refractivity contribution is 5.88. The van der Waals surface area contributed by atoms with Gasteiger partial charge < -0.3 is 15.1 Å². The Morgan fingerprint density at radius 2 is 2.10 bits per heavy atom. The zero-order valence-corrected chi connectivity index (χ0v) is 15.9. The van der Waals surface area contributed by atoms with Crippen LogP contribution in [-0.2, 0) is 28.9 Å². The van der Waals surface area contributed by atoms with E-state index in [2.05, 4.69) is 10.6 Å². The van der Waals surface area contributed by atoms with Crippen molar-refractivity contribution in [3.63, 3.8) is 0 Å². The summed E-state index contributed by atoms with van der Waals surface area (Å²) in [5.41, 5.74) is -0.300. The Bertz CT molecular complexity index is 879. The fourth-order valence-corrected chi connectivity index (χ4v) is 3.27. The zero-order chi connectivity index (χ0) is 21.0. The van der Waals surface area contributed by atoms with Crippen molar-refractivity contribution in [1.82, 2.24) is 15.5 Å². The number of carbonyl (C=O) groups is 2. The van der Waals surface area contributed by atoms with Gasteiger partial charge in [-0.1, -0.05) is 18.2 Å². The number of hydrogen-bond donors (Lipinski definition) is 2. The molecular formula is C20H22F3N3O3. The van der Waals surface area contributed by atoms with E-state index >= 15 is 0 Å². The molecule has 0 spiro atoms. The number of furan rings is 1. The number of carbonyl (C=O) groups excluding carboxylic acids is 2. The molecule has 1 aromatic heterocycles. The standard InChI is InChI=1S/C20H22F3N3O3/c1-13-5-6-16(29-13)11-25-18(27)10-17-19(28)24-7-8-26(17)12-14-3-2-4-15(9-14)20(21,22)23/h2-6,9,17H,7-8,10-12H2,1H3,(H,24,28)(H,25,27). The van der Waals surface area contributed by atoms with E-state index in [1.807, 2.05) is 0 Å². The van der Waals surface area contributed by atoms with E-state index in [1.165, 1.54) is 6.07 Å². The molecule has 3 rings (SSSR count). The van der Waals surface area contributed by atoms with E-state index in [9.17, 15) is 22.8 Å². The summed E-state index contributed by atoms with van der Waals surface area (Å²) in [6, 6.07) is 7.79. The average Bonchev–Trinajstić information content (AvgIpc) is 3.08. The number of hydrogen-bond acceptors (Lipinski definition) is 4. The summed E-state index contributed by atoms with van der Waals surface area (Å²) >= 11 is 0. The quantitative estimate of drug-likeness (QED) is 0.769. The fourth-order valence-electron chi connectivity index (χ4n) is 3.27. The van der Waals surface area contributed by atoms with Gasteiger partial charge >= 0.3 is 6.18 Å². The Morgan fingerprint density at radius 1 is 1.31 bits per heavy atom. The summed E-state index contributed by atoms with van der Waals surface area (Å²) in [4.78, 5) is 26.3. The first kappa shape index (κ1) is 20.9. The third-order valence-corrected chi connectivity index (χ3v) is 4.72. The molecule has 1 aliphatic rings. The maximum Gasteiger partial charge on any atom is 0.416 e. The van der Waals surface area contributed by atoms with Crippen LogP contribution in [0.3, 0.4) is 0 Å². The highest BCUT2D eigenvalue weighted by atomic mass is 19.4. The van der Waals surface area contributed by atoms with Crippen molar-refractivity contribution >= 4 is 11.8 Å². The van der Waals surface area contributed by atoms with E-state index in [1.54, 1.807) is 30.0 Å². The second-order valence-electron chi connectivity index (χ2n) is 6.97. The molecule has 1 atom stereocenters. The maximum atomic E-state index is 12.9. The molecule has 1 fully saturated rings. The van der Waals surface area contributed by atoms with E-state index in [0.29, 0.717) is 24.4 Å².